The number of halogens is 3. The van der Waals surface area contributed by atoms with Crippen LogP contribution < -0.4 is 16.6 Å². The van der Waals surface area contributed by atoms with E-state index in [0.29, 0.717) is 0 Å². The number of hydrogen-bond donors (Lipinski definition) is 3. The molecule has 6 nitrogen and oxygen atoms in total. The number of hydrazine groups is 1. The molecule has 114 valence electrons. The van der Waals surface area contributed by atoms with Crippen LogP contribution in [0, 0.1) is 0 Å². The van der Waals surface area contributed by atoms with E-state index >= 15 is 0 Å². The highest BCUT2D eigenvalue weighted by atomic mass is 19.4. The van der Waals surface area contributed by atoms with Crippen LogP contribution in [0.5, 0.6) is 0 Å². The van der Waals surface area contributed by atoms with Gasteiger partial charge in [0, 0.05) is 13.1 Å². The summed E-state index contributed by atoms with van der Waals surface area (Å²) >= 11 is 0. The van der Waals surface area contributed by atoms with Crippen LogP contribution in [0.3, 0.4) is 0 Å². The Hall–Kier alpha value is -2.29. The number of carbonyl (C=O) groups is 2. The predicted molar refractivity (Wildman–Crippen MR) is 68.2 cm³/mol. The quantitative estimate of drug-likeness (QED) is 0.550. The van der Waals surface area contributed by atoms with Crippen LogP contribution in [0.4, 0.5) is 18.9 Å². The zero-order chi connectivity index (χ0) is 15.6. The Labute approximate surface area is 118 Å². The minimum absolute atomic E-state index is 0.195. The zero-order valence-corrected chi connectivity index (χ0v) is 10.8. The molecule has 0 spiro atoms. The first-order chi connectivity index (χ1) is 9.84. The van der Waals surface area contributed by atoms with Crippen molar-refractivity contribution in [3.63, 3.8) is 0 Å². The third-order valence-electron chi connectivity index (χ3n) is 3.07. The molecule has 1 aromatic rings. The fourth-order valence-electron chi connectivity index (χ4n) is 2.10. The molecule has 0 saturated carbocycles. The van der Waals surface area contributed by atoms with Crippen molar-refractivity contribution in [3.05, 3.63) is 29.3 Å². The summed E-state index contributed by atoms with van der Waals surface area (Å²) in [4.78, 5) is 24.7. The van der Waals surface area contributed by atoms with Gasteiger partial charge in [-0.3, -0.25) is 15.4 Å². The van der Waals surface area contributed by atoms with Crippen LogP contribution in [0.2, 0.25) is 0 Å². The van der Waals surface area contributed by atoms with E-state index in [1.54, 1.807) is 0 Å². The molecule has 4 N–H and O–H groups in total. The predicted octanol–water partition coefficient (Wildman–Crippen LogP) is 0.563. The number of nitrogens with one attached hydrogen (secondary N) is 2. The highest BCUT2D eigenvalue weighted by Gasteiger charge is 2.36. The van der Waals surface area contributed by atoms with Crippen molar-refractivity contribution in [1.82, 2.24) is 10.2 Å². The lowest BCUT2D eigenvalue weighted by molar-refractivity contribution is -0.137. The molecule has 1 aliphatic heterocycles. The number of rotatable bonds is 2. The number of benzene rings is 1. The van der Waals surface area contributed by atoms with Crippen LogP contribution in [0.25, 0.3) is 0 Å². The second kappa shape index (κ2) is 5.60. The van der Waals surface area contributed by atoms with E-state index in [1.807, 2.05) is 5.43 Å². The monoisotopic (exact) mass is 302 g/mol. The van der Waals surface area contributed by atoms with Crippen molar-refractivity contribution in [2.24, 2.45) is 5.84 Å². The number of nitrogens with two attached hydrogens (primary N) is 1. The highest BCUT2D eigenvalue weighted by molar-refractivity contribution is 6.02. The lowest BCUT2D eigenvalue weighted by Gasteiger charge is -2.27. The molecular formula is C12H13F3N4O2. The molecule has 0 atom stereocenters. The summed E-state index contributed by atoms with van der Waals surface area (Å²) in [6, 6.07) is 3.19. The van der Waals surface area contributed by atoms with Crippen molar-refractivity contribution in [3.8, 4) is 0 Å². The molecule has 1 aromatic carbocycles. The molecule has 2 amide bonds. The van der Waals surface area contributed by atoms with Gasteiger partial charge >= 0.3 is 6.18 Å². The Bertz CT molecular complexity index is 574. The van der Waals surface area contributed by atoms with E-state index in [1.165, 1.54) is 11.0 Å². The fourth-order valence-corrected chi connectivity index (χ4v) is 2.10. The van der Waals surface area contributed by atoms with E-state index in [9.17, 15) is 22.8 Å². The van der Waals surface area contributed by atoms with E-state index in [2.05, 4.69) is 5.32 Å². The molecule has 0 bridgehead atoms. The van der Waals surface area contributed by atoms with E-state index in [0.717, 1.165) is 12.1 Å². The van der Waals surface area contributed by atoms with Crippen LogP contribution in [0.15, 0.2) is 18.2 Å². The van der Waals surface area contributed by atoms with Gasteiger partial charge in [0.2, 0.25) is 5.91 Å². The van der Waals surface area contributed by atoms with Gasteiger partial charge in [-0.2, -0.15) is 13.2 Å². The van der Waals surface area contributed by atoms with Gasteiger partial charge in [-0.25, -0.2) is 0 Å². The summed E-state index contributed by atoms with van der Waals surface area (Å²) in [5, 5.41) is 2.53. The van der Waals surface area contributed by atoms with E-state index in [-0.39, 0.29) is 31.1 Å². The maximum Gasteiger partial charge on any atom is 0.418 e. The second-order valence-corrected chi connectivity index (χ2v) is 4.45. The summed E-state index contributed by atoms with van der Waals surface area (Å²) in [5.41, 5.74) is 0.184. The number of nitrogen functional groups attached to an aromatic ring is 1. The summed E-state index contributed by atoms with van der Waals surface area (Å²) < 4.78 is 38.7. The number of amides is 2. The molecule has 21 heavy (non-hydrogen) atoms. The highest BCUT2D eigenvalue weighted by Crippen LogP contribution is 2.36. The Morgan fingerprint density at radius 1 is 1.38 bits per heavy atom. The maximum atomic E-state index is 12.9. The molecule has 0 radical (unpaired) electrons. The number of hydrogen-bond acceptors (Lipinski definition) is 4. The number of carbonyl (C=O) groups excluding carboxylic acids is 2. The Morgan fingerprint density at radius 2 is 2.10 bits per heavy atom. The lowest BCUT2D eigenvalue weighted by Crippen LogP contribution is -2.50. The van der Waals surface area contributed by atoms with Crippen LogP contribution in [-0.4, -0.2) is 36.3 Å². The Kier molecular flexibility index (Phi) is 4.03. The molecule has 1 aliphatic rings. The summed E-state index contributed by atoms with van der Waals surface area (Å²) in [5.74, 6) is 4.11. The van der Waals surface area contributed by atoms with E-state index in [4.69, 9.17) is 5.84 Å². The van der Waals surface area contributed by atoms with Gasteiger partial charge in [-0.15, -0.1) is 0 Å². The molecule has 1 fully saturated rings. The van der Waals surface area contributed by atoms with Crippen molar-refractivity contribution in [2.45, 2.75) is 6.18 Å². The Morgan fingerprint density at radius 3 is 2.67 bits per heavy atom. The van der Waals surface area contributed by atoms with Gasteiger partial charge in [-0.05, 0) is 12.1 Å². The van der Waals surface area contributed by atoms with Gasteiger partial charge < -0.3 is 15.6 Å². The second-order valence-electron chi connectivity index (χ2n) is 4.45. The largest absolute Gasteiger partial charge is 0.418 e. The van der Waals surface area contributed by atoms with Crippen molar-refractivity contribution in [1.29, 1.82) is 0 Å². The average molecular weight is 302 g/mol. The standard InChI is InChI=1S/C12H13F3N4O2/c13-12(14,15)8-3-1-2-7(10(8)18-16)11(21)19-5-4-17-9(20)6-19/h1-3,18H,4-6,16H2,(H,17,20). The average Bonchev–Trinajstić information content (AvgIpc) is 2.44. The van der Waals surface area contributed by atoms with Gasteiger partial charge in [0.1, 0.15) is 0 Å². The van der Waals surface area contributed by atoms with Crippen LogP contribution in [-0.2, 0) is 11.0 Å². The molecule has 0 aromatic heterocycles. The zero-order valence-electron chi connectivity index (χ0n) is 10.8. The molecule has 2 rings (SSSR count). The fraction of sp³-hybridized carbons (Fsp3) is 0.333. The summed E-state index contributed by atoms with van der Waals surface area (Å²) in [7, 11) is 0. The Balaban J connectivity index is 2.39. The van der Waals surface area contributed by atoms with Gasteiger partial charge in [0.25, 0.3) is 5.91 Å². The minimum Gasteiger partial charge on any atom is -0.353 e. The maximum absolute atomic E-state index is 12.9. The topological polar surface area (TPSA) is 87.5 Å². The number of nitrogens with zero attached hydrogens (tertiary/aromatic N) is 1. The molecule has 0 aliphatic carbocycles. The normalized spacial score (nSPS) is 15.6. The lowest BCUT2D eigenvalue weighted by atomic mass is 10.1. The van der Waals surface area contributed by atoms with Crippen LogP contribution >= 0.6 is 0 Å². The van der Waals surface area contributed by atoms with E-state index < -0.39 is 23.3 Å². The molecule has 9 heteroatoms. The first-order valence-electron chi connectivity index (χ1n) is 6.07. The van der Waals surface area contributed by atoms with Crippen LogP contribution in [0.1, 0.15) is 15.9 Å². The minimum atomic E-state index is -4.64. The summed E-state index contributed by atoms with van der Waals surface area (Å²) in [6.45, 7) is 0.291. The third kappa shape index (κ3) is 3.07. The van der Waals surface area contributed by atoms with Crippen molar-refractivity contribution < 1.29 is 22.8 Å². The van der Waals surface area contributed by atoms with Gasteiger partial charge in [0.15, 0.2) is 0 Å². The van der Waals surface area contributed by atoms with Crippen molar-refractivity contribution >= 4 is 17.5 Å². The third-order valence-corrected chi connectivity index (χ3v) is 3.07. The number of piperazine rings is 1. The summed E-state index contributed by atoms with van der Waals surface area (Å²) in [6.07, 6.45) is -4.64. The number of para-hydroxylation sites is 1. The SMILES string of the molecule is NNc1c(C(=O)N2CCNC(=O)C2)cccc1C(F)(F)F. The molecule has 1 heterocycles. The smallest absolute Gasteiger partial charge is 0.353 e. The van der Waals surface area contributed by atoms with Gasteiger partial charge in [0.05, 0.1) is 23.4 Å². The first kappa shape index (κ1) is 15.1. The molecule has 0 unspecified atom stereocenters. The van der Waals surface area contributed by atoms with Gasteiger partial charge in [-0.1, -0.05) is 6.07 Å². The molecule has 1 saturated heterocycles. The van der Waals surface area contributed by atoms with Crippen molar-refractivity contribution in [2.75, 3.05) is 25.1 Å². The molecular weight excluding hydrogens is 289 g/mol. The first-order valence-corrected chi connectivity index (χ1v) is 6.07. The number of alkyl halides is 3. The number of anilines is 1.